The maximum Gasteiger partial charge on any atom is 1.00 e. The summed E-state index contributed by atoms with van der Waals surface area (Å²) in [5, 5.41) is 0. The van der Waals surface area contributed by atoms with Crippen molar-refractivity contribution >= 4 is 38.3 Å². The van der Waals surface area contributed by atoms with Gasteiger partial charge in [-0.25, -0.2) is 0 Å². The van der Waals surface area contributed by atoms with E-state index in [2.05, 4.69) is 15.9 Å². The zero-order valence-electron chi connectivity index (χ0n) is 6.09. The fraction of sp³-hybridized carbons (Fsp3) is 0.200. The van der Waals surface area contributed by atoms with Gasteiger partial charge in [-0.15, -0.1) is 11.3 Å². The Morgan fingerprint density at radius 2 is 2.27 bits per heavy atom. The molecule has 0 bridgehead atoms. The molecule has 1 rings (SSSR count). The SMILES string of the molecule is Cc1sc(Br)cc1S(=O)[O-].[Na+]. The van der Waals surface area contributed by atoms with Gasteiger partial charge in [0, 0.05) is 9.77 Å². The fourth-order valence-corrected chi connectivity index (χ4v) is 3.19. The van der Waals surface area contributed by atoms with Crippen LogP contribution >= 0.6 is 27.3 Å². The summed E-state index contributed by atoms with van der Waals surface area (Å²) in [6.07, 6.45) is 0. The molecule has 0 radical (unpaired) electrons. The molecule has 11 heavy (non-hydrogen) atoms. The van der Waals surface area contributed by atoms with Gasteiger partial charge < -0.3 is 4.55 Å². The minimum Gasteiger partial charge on any atom is -0.768 e. The van der Waals surface area contributed by atoms with E-state index in [0.717, 1.165) is 8.66 Å². The first-order valence-electron chi connectivity index (χ1n) is 2.46. The summed E-state index contributed by atoms with van der Waals surface area (Å²) in [5.74, 6) is 0. The quantitative estimate of drug-likeness (QED) is 0.484. The molecule has 0 saturated heterocycles. The summed E-state index contributed by atoms with van der Waals surface area (Å²) in [6, 6.07) is 1.60. The van der Waals surface area contributed by atoms with Crippen molar-refractivity contribution in [2.24, 2.45) is 0 Å². The van der Waals surface area contributed by atoms with Crippen molar-refractivity contribution in [2.75, 3.05) is 0 Å². The molecule has 0 aliphatic rings. The Morgan fingerprint density at radius 3 is 2.45 bits per heavy atom. The van der Waals surface area contributed by atoms with Gasteiger partial charge in [0.25, 0.3) is 0 Å². The summed E-state index contributed by atoms with van der Waals surface area (Å²) < 4.78 is 21.7. The van der Waals surface area contributed by atoms with E-state index in [0.29, 0.717) is 4.90 Å². The molecule has 1 aromatic heterocycles. The van der Waals surface area contributed by atoms with Gasteiger partial charge in [0.15, 0.2) is 0 Å². The van der Waals surface area contributed by atoms with Crippen LogP contribution in [-0.4, -0.2) is 8.76 Å². The first-order valence-corrected chi connectivity index (χ1v) is 5.15. The average molecular weight is 263 g/mol. The molecule has 0 aromatic carbocycles. The van der Waals surface area contributed by atoms with Crippen LogP contribution in [0, 0.1) is 6.92 Å². The average Bonchev–Trinajstić information content (AvgIpc) is 2.10. The zero-order chi connectivity index (χ0) is 7.72. The third-order valence-electron chi connectivity index (χ3n) is 1.02. The molecule has 1 heterocycles. The Hall–Kier alpha value is 1.29. The first kappa shape index (κ1) is 12.3. The third kappa shape index (κ3) is 3.26. The predicted molar refractivity (Wildman–Crippen MR) is 43.9 cm³/mol. The van der Waals surface area contributed by atoms with E-state index < -0.39 is 11.1 Å². The Labute approximate surface area is 102 Å². The molecule has 0 aliphatic carbocycles. The van der Waals surface area contributed by atoms with Gasteiger partial charge in [-0.1, -0.05) is 0 Å². The standard InChI is InChI=1S/C5H5BrO2S2.Na/c1-3-4(10(7)8)2-5(6)9-3;/h2H,1H3,(H,7,8);/q;+1/p-1. The maximum absolute atomic E-state index is 10.4. The summed E-state index contributed by atoms with van der Waals surface area (Å²) in [6.45, 7) is 1.78. The number of halogens is 1. The normalized spacial score (nSPS) is 12.3. The molecule has 0 N–H and O–H groups in total. The molecule has 1 unspecified atom stereocenters. The number of hydrogen-bond acceptors (Lipinski definition) is 3. The van der Waals surface area contributed by atoms with Crippen LogP contribution in [0.3, 0.4) is 0 Å². The summed E-state index contributed by atoms with van der Waals surface area (Å²) in [4.78, 5) is 1.21. The van der Waals surface area contributed by atoms with E-state index >= 15 is 0 Å². The second-order valence-corrected chi connectivity index (χ2v) is 5.25. The Balaban J connectivity index is 0.000001000. The van der Waals surface area contributed by atoms with Gasteiger partial charge in [-0.05, 0) is 40.0 Å². The van der Waals surface area contributed by atoms with Crippen LogP contribution in [0.4, 0.5) is 0 Å². The smallest absolute Gasteiger partial charge is 0.768 e. The van der Waals surface area contributed by atoms with E-state index in [4.69, 9.17) is 0 Å². The topological polar surface area (TPSA) is 40.1 Å². The maximum atomic E-state index is 10.4. The van der Waals surface area contributed by atoms with Crippen LogP contribution in [0.1, 0.15) is 4.88 Å². The van der Waals surface area contributed by atoms with E-state index in [1.165, 1.54) is 11.3 Å². The van der Waals surface area contributed by atoms with Crippen molar-refractivity contribution in [1.82, 2.24) is 0 Å². The molecule has 0 amide bonds. The van der Waals surface area contributed by atoms with Crippen molar-refractivity contribution in [1.29, 1.82) is 0 Å². The monoisotopic (exact) mass is 262 g/mol. The van der Waals surface area contributed by atoms with E-state index in [1.54, 1.807) is 13.0 Å². The van der Waals surface area contributed by atoms with Crippen molar-refractivity contribution in [2.45, 2.75) is 11.8 Å². The zero-order valence-corrected chi connectivity index (χ0v) is 11.3. The molecule has 1 aromatic rings. The van der Waals surface area contributed by atoms with E-state index in [1.807, 2.05) is 0 Å². The number of rotatable bonds is 1. The van der Waals surface area contributed by atoms with Gasteiger partial charge in [-0.3, -0.25) is 4.21 Å². The van der Waals surface area contributed by atoms with Gasteiger partial charge in [0.2, 0.25) is 0 Å². The van der Waals surface area contributed by atoms with Gasteiger partial charge in [-0.2, -0.15) is 0 Å². The van der Waals surface area contributed by atoms with Gasteiger partial charge >= 0.3 is 29.6 Å². The summed E-state index contributed by atoms with van der Waals surface area (Å²) in [7, 11) is 0. The molecule has 0 fully saturated rings. The molecular weight excluding hydrogens is 259 g/mol. The van der Waals surface area contributed by atoms with Gasteiger partial charge in [0.05, 0.1) is 3.79 Å². The van der Waals surface area contributed by atoms with E-state index in [-0.39, 0.29) is 29.6 Å². The van der Waals surface area contributed by atoms with Crippen molar-refractivity contribution in [3.8, 4) is 0 Å². The summed E-state index contributed by atoms with van der Waals surface area (Å²) >= 11 is 2.53. The minimum absolute atomic E-state index is 0. The van der Waals surface area contributed by atoms with Crippen LogP contribution in [0.15, 0.2) is 14.7 Å². The molecule has 2 nitrogen and oxygen atoms in total. The minimum atomic E-state index is -2.09. The van der Waals surface area contributed by atoms with Crippen molar-refractivity contribution in [3.63, 3.8) is 0 Å². The van der Waals surface area contributed by atoms with Crippen LogP contribution in [0.2, 0.25) is 0 Å². The molecule has 0 spiro atoms. The van der Waals surface area contributed by atoms with Crippen LogP contribution in [0.5, 0.6) is 0 Å². The van der Waals surface area contributed by atoms with Crippen molar-refractivity contribution < 1.29 is 38.3 Å². The fourth-order valence-electron chi connectivity index (χ4n) is 0.596. The Bertz CT molecular complexity index is 273. The Morgan fingerprint density at radius 1 is 1.73 bits per heavy atom. The second-order valence-electron chi connectivity index (χ2n) is 1.71. The molecule has 6 heteroatoms. The van der Waals surface area contributed by atoms with Crippen molar-refractivity contribution in [3.05, 3.63) is 14.7 Å². The van der Waals surface area contributed by atoms with Gasteiger partial charge in [0.1, 0.15) is 0 Å². The molecule has 56 valence electrons. The van der Waals surface area contributed by atoms with Crippen LogP contribution in [0.25, 0.3) is 0 Å². The Kier molecular flexibility index (Phi) is 5.71. The predicted octanol–water partition coefficient (Wildman–Crippen LogP) is -0.939. The largest absolute Gasteiger partial charge is 1.00 e. The number of hydrogen-bond donors (Lipinski definition) is 0. The number of aryl methyl sites for hydroxylation is 1. The van der Waals surface area contributed by atoms with Crippen LogP contribution in [-0.2, 0) is 11.1 Å². The second kappa shape index (κ2) is 5.11. The molecular formula is C5H4BrNaO2S2. The first-order chi connectivity index (χ1) is 4.61. The molecule has 1 atom stereocenters. The molecule has 0 saturated carbocycles. The third-order valence-corrected chi connectivity index (χ3v) is 3.49. The number of thiophene rings is 1. The molecule has 0 aliphatic heterocycles. The summed E-state index contributed by atoms with van der Waals surface area (Å²) in [5.41, 5.74) is 0. The van der Waals surface area contributed by atoms with E-state index in [9.17, 15) is 8.76 Å². The van der Waals surface area contributed by atoms with Crippen LogP contribution < -0.4 is 29.6 Å².